The second kappa shape index (κ2) is 7.71. The molecule has 8 nitrogen and oxygen atoms in total. The third-order valence-corrected chi connectivity index (χ3v) is 0.837. The SMILES string of the molecule is CC(C)OOC(=O)N=NC(=O)OOC(C)C. The summed E-state index contributed by atoms with van der Waals surface area (Å²) in [6.45, 7) is 6.59. The lowest BCUT2D eigenvalue weighted by atomic mass is 10.5. The maximum atomic E-state index is 10.7. The van der Waals surface area contributed by atoms with Gasteiger partial charge in [0.2, 0.25) is 0 Å². The monoisotopic (exact) mass is 234 g/mol. The maximum Gasteiger partial charge on any atom is 0.483 e. The number of hydrogen-bond donors (Lipinski definition) is 0. The van der Waals surface area contributed by atoms with Crippen molar-refractivity contribution in [1.82, 2.24) is 0 Å². The van der Waals surface area contributed by atoms with Crippen LogP contribution in [0.1, 0.15) is 27.7 Å². The Balaban J connectivity index is 3.80. The largest absolute Gasteiger partial charge is 0.483 e. The first-order valence-corrected chi connectivity index (χ1v) is 4.58. The van der Waals surface area contributed by atoms with Crippen LogP contribution in [0, 0.1) is 0 Å². The first-order valence-electron chi connectivity index (χ1n) is 4.58. The Morgan fingerprint density at radius 3 is 1.38 bits per heavy atom. The molecule has 0 aliphatic heterocycles. The Morgan fingerprint density at radius 2 is 1.12 bits per heavy atom. The maximum absolute atomic E-state index is 10.7. The number of carbonyl (C=O) groups excluding carboxylic acids is 2. The van der Waals surface area contributed by atoms with Crippen LogP contribution < -0.4 is 0 Å². The van der Waals surface area contributed by atoms with Crippen molar-refractivity contribution in [2.75, 3.05) is 0 Å². The predicted molar refractivity (Wildman–Crippen MR) is 50.3 cm³/mol. The van der Waals surface area contributed by atoms with Gasteiger partial charge in [-0.1, -0.05) is 10.2 Å². The van der Waals surface area contributed by atoms with Gasteiger partial charge in [-0.05, 0) is 27.7 Å². The molecule has 0 aliphatic carbocycles. The minimum absolute atomic E-state index is 0.310. The second-order valence-electron chi connectivity index (χ2n) is 3.19. The minimum Gasteiger partial charge on any atom is -0.272 e. The van der Waals surface area contributed by atoms with Crippen molar-refractivity contribution in [3.05, 3.63) is 0 Å². The van der Waals surface area contributed by atoms with Gasteiger partial charge in [0.25, 0.3) is 0 Å². The number of amides is 2. The highest BCUT2D eigenvalue weighted by Gasteiger charge is 2.07. The summed E-state index contributed by atoms with van der Waals surface area (Å²) in [6, 6.07) is 0. The standard InChI is InChI=1S/C8H14N2O6/c1-5(2)13-15-7(11)9-10-8(12)16-14-6(3)4/h5-6H,1-4H3. The van der Waals surface area contributed by atoms with Crippen LogP contribution in [0.5, 0.6) is 0 Å². The van der Waals surface area contributed by atoms with Crippen molar-refractivity contribution in [2.24, 2.45) is 10.2 Å². The van der Waals surface area contributed by atoms with E-state index in [2.05, 4.69) is 29.8 Å². The molecule has 0 rings (SSSR count). The molecule has 0 atom stereocenters. The van der Waals surface area contributed by atoms with E-state index < -0.39 is 12.2 Å². The fourth-order valence-corrected chi connectivity index (χ4v) is 0.390. The van der Waals surface area contributed by atoms with Gasteiger partial charge in [-0.2, -0.15) is 9.78 Å². The molecule has 0 bridgehead atoms. The number of nitrogens with zero attached hydrogens (tertiary/aromatic N) is 2. The molecule has 0 N–H and O–H groups in total. The van der Waals surface area contributed by atoms with Gasteiger partial charge in [-0.15, -0.1) is 0 Å². The molecule has 0 radical (unpaired) electrons. The van der Waals surface area contributed by atoms with Crippen LogP contribution in [0.25, 0.3) is 0 Å². The number of rotatable bonds is 4. The van der Waals surface area contributed by atoms with Crippen LogP contribution in [-0.4, -0.2) is 24.4 Å². The van der Waals surface area contributed by atoms with Crippen LogP contribution in [0.3, 0.4) is 0 Å². The third-order valence-electron chi connectivity index (χ3n) is 0.837. The summed E-state index contributed by atoms with van der Waals surface area (Å²) in [4.78, 5) is 38.6. The zero-order chi connectivity index (χ0) is 12.6. The molecule has 0 aliphatic rings. The molecule has 16 heavy (non-hydrogen) atoms. The second-order valence-corrected chi connectivity index (χ2v) is 3.19. The Kier molecular flexibility index (Phi) is 6.97. The summed E-state index contributed by atoms with van der Waals surface area (Å²) in [5.74, 6) is 0. The smallest absolute Gasteiger partial charge is 0.272 e. The van der Waals surface area contributed by atoms with Crippen molar-refractivity contribution in [2.45, 2.75) is 39.9 Å². The lowest BCUT2D eigenvalue weighted by Crippen LogP contribution is -2.09. The molecule has 0 fully saturated rings. The summed E-state index contributed by atoms with van der Waals surface area (Å²) in [7, 11) is 0. The van der Waals surface area contributed by atoms with Crippen molar-refractivity contribution in [3.8, 4) is 0 Å². The first-order chi connectivity index (χ1) is 7.41. The average molecular weight is 234 g/mol. The lowest BCUT2D eigenvalue weighted by Gasteiger charge is -2.02. The van der Waals surface area contributed by atoms with Crippen LogP contribution in [0.2, 0.25) is 0 Å². The van der Waals surface area contributed by atoms with E-state index >= 15 is 0 Å². The molecule has 0 aromatic rings. The molecule has 8 heteroatoms. The predicted octanol–water partition coefficient (Wildman–Crippen LogP) is 2.39. The summed E-state index contributed by atoms with van der Waals surface area (Å²) >= 11 is 0. The van der Waals surface area contributed by atoms with E-state index in [1.165, 1.54) is 0 Å². The van der Waals surface area contributed by atoms with Gasteiger partial charge in [0.1, 0.15) is 0 Å². The van der Waals surface area contributed by atoms with Gasteiger partial charge in [-0.25, -0.2) is 9.59 Å². The molecular formula is C8H14N2O6. The third kappa shape index (κ3) is 9.03. The topological polar surface area (TPSA) is 95.8 Å². The Morgan fingerprint density at radius 1 is 0.812 bits per heavy atom. The highest BCUT2D eigenvalue weighted by molar-refractivity contribution is 5.72. The molecule has 0 saturated heterocycles. The number of azo groups is 1. The summed E-state index contributed by atoms with van der Waals surface area (Å²) in [5.41, 5.74) is 0. The molecule has 0 aromatic carbocycles. The van der Waals surface area contributed by atoms with Crippen LogP contribution in [0.4, 0.5) is 9.59 Å². The zero-order valence-corrected chi connectivity index (χ0v) is 9.50. The van der Waals surface area contributed by atoms with Gasteiger partial charge < -0.3 is 0 Å². The average Bonchev–Trinajstić information content (AvgIpc) is 2.20. The highest BCUT2D eigenvalue weighted by atomic mass is 17.2. The first kappa shape index (κ1) is 14.5. The summed E-state index contributed by atoms with van der Waals surface area (Å²) < 4.78 is 0. The van der Waals surface area contributed by atoms with Gasteiger partial charge >= 0.3 is 12.2 Å². The van der Waals surface area contributed by atoms with E-state index in [1.54, 1.807) is 27.7 Å². The lowest BCUT2D eigenvalue weighted by molar-refractivity contribution is -0.264. The fraction of sp³-hybridized carbons (Fsp3) is 0.750. The molecule has 0 saturated carbocycles. The Hall–Kier alpha value is -1.54. The molecule has 92 valence electrons. The molecule has 2 amide bonds. The van der Waals surface area contributed by atoms with E-state index in [9.17, 15) is 9.59 Å². The number of carbonyl (C=O) groups is 2. The van der Waals surface area contributed by atoms with Crippen LogP contribution in [0.15, 0.2) is 10.2 Å². The van der Waals surface area contributed by atoms with Gasteiger partial charge in [0.15, 0.2) is 0 Å². The number of hydrogen-bond acceptors (Lipinski definition) is 6. The highest BCUT2D eigenvalue weighted by Crippen LogP contribution is 1.96. The quantitative estimate of drug-likeness (QED) is 0.421. The van der Waals surface area contributed by atoms with Crippen molar-refractivity contribution >= 4 is 12.2 Å². The molecule has 0 aromatic heterocycles. The Bertz CT molecular complexity index is 237. The van der Waals surface area contributed by atoms with Crippen LogP contribution >= 0.6 is 0 Å². The van der Waals surface area contributed by atoms with Crippen molar-refractivity contribution in [3.63, 3.8) is 0 Å². The molecular weight excluding hydrogens is 220 g/mol. The van der Waals surface area contributed by atoms with Gasteiger partial charge in [0, 0.05) is 0 Å². The van der Waals surface area contributed by atoms with E-state index in [-0.39, 0.29) is 12.2 Å². The summed E-state index contributed by atoms with van der Waals surface area (Å²) in [5, 5.41) is 5.72. The zero-order valence-electron chi connectivity index (χ0n) is 9.50. The fourth-order valence-electron chi connectivity index (χ4n) is 0.390. The normalized spacial score (nSPS) is 11.1. The van der Waals surface area contributed by atoms with E-state index in [0.717, 1.165) is 0 Å². The van der Waals surface area contributed by atoms with Gasteiger partial charge in [-0.3, -0.25) is 9.78 Å². The Labute approximate surface area is 92.4 Å². The minimum atomic E-state index is -1.16. The van der Waals surface area contributed by atoms with Crippen molar-refractivity contribution < 1.29 is 29.1 Å². The van der Waals surface area contributed by atoms with Crippen molar-refractivity contribution in [1.29, 1.82) is 0 Å². The molecule has 0 heterocycles. The molecule has 0 unspecified atom stereocenters. The van der Waals surface area contributed by atoms with E-state index in [4.69, 9.17) is 0 Å². The van der Waals surface area contributed by atoms with Crippen LogP contribution in [-0.2, 0) is 19.6 Å². The summed E-state index contributed by atoms with van der Waals surface area (Å²) in [6.07, 6.45) is -2.93. The van der Waals surface area contributed by atoms with E-state index in [1.807, 2.05) is 0 Å². The van der Waals surface area contributed by atoms with E-state index in [0.29, 0.717) is 0 Å². The molecule has 0 spiro atoms. The van der Waals surface area contributed by atoms with Gasteiger partial charge in [0.05, 0.1) is 12.2 Å².